The molecule has 0 bridgehead atoms. The van der Waals surface area contributed by atoms with Crippen LogP contribution in [0.2, 0.25) is 0 Å². The highest BCUT2D eigenvalue weighted by Crippen LogP contribution is 2.28. The molecule has 28 heavy (non-hydrogen) atoms. The lowest BCUT2D eigenvalue weighted by Crippen LogP contribution is -2.20. The van der Waals surface area contributed by atoms with Gasteiger partial charge in [-0.15, -0.1) is 0 Å². The van der Waals surface area contributed by atoms with Crippen molar-refractivity contribution in [1.29, 1.82) is 0 Å². The van der Waals surface area contributed by atoms with Crippen molar-refractivity contribution in [3.8, 4) is 0 Å². The number of aromatic carboxylic acids is 1. The summed E-state index contributed by atoms with van der Waals surface area (Å²) in [5.74, 6) is -1.97. The molecule has 0 radical (unpaired) electrons. The Hall–Kier alpha value is -3.67. The lowest BCUT2D eigenvalue weighted by Gasteiger charge is -2.23. The van der Waals surface area contributed by atoms with Crippen LogP contribution in [0.5, 0.6) is 0 Å². The first-order valence-corrected chi connectivity index (χ1v) is 8.63. The third-order valence-electron chi connectivity index (χ3n) is 4.27. The molecule has 2 N–H and O–H groups in total. The molecule has 3 aromatic rings. The summed E-state index contributed by atoms with van der Waals surface area (Å²) in [7, 11) is 1.86. The van der Waals surface area contributed by atoms with E-state index < -0.39 is 17.7 Å². The highest BCUT2D eigenvalue weighted by atomic mass is 19.1. The maximum atomic E-state index is 13.1. The molecule has 0 spiro atoms. The monoisotopic (exact) mass is 378 g/mol. The molecule has 3 rings (SSSR count). The number of anilines is 2. The number of carbonyl (C=O) groups excluding carboxylic acids is 1. The summed E-state index contributed by atoms with van der Waals surface area (Å²) >= 11 is 0. The van der Waals surface area contributed by atoms with E-state index in [4.69, 9.17) is 0 Å². The van der Waals surface area contributed by atoms with E-state index in [1.807, 2.05) is 42.3 Å². The fourth-order valence-electron chi connectivity index (χ4n) is 2.84. The molecule has 0 saturated carbocycles. The van der Waals surface area contributed by atoms with E-state index >= 15 is 0 Å². The van der Waals surface area contributed by atoms with Gasteiger partial charge in [-0.1, -0.05) is 30.3 Å². The van der Waals surface area contributed by atoms with Gasteiger partial charge in [-0.3, -0.25) is 4.79 Å². The Labute approximate surface area is 162 Å². The Morgan fingerprint density at radius 2 is 1.61 bits per heavy atom. The average molecular weight is 378 g/mol. The van der Waals surface area contributed by atoms with Gasteiger partial charge in [0.25, 0.3) is 5.91 Å². The van der Waals surface area contributed by atoms with Gasteiger partial charge in [0.15, 0.2) is 0 Å². The van der Waals surface area contributed by atoms with Crippen molar-refractivity contribution >= 4 is 23.3 Å². The van der Waals surface area contributed by atoms with Gasteiger partial charge in [0.05, 0.1) is 16.9 Å². The minimum atomic E-state index is -1.09. The van der Waals surface area contributed by atoms with E-state index in [0.29, 0.717) is 17.9 Å². The SMILES string of the molecule is CN(Cc1ccccc1)c1ccc(C(=O)O)cc1NC(=O)c1ccc(F)cc1. The summed E-state index contributed by atoms with van der Waals surface area (Å²) in [4.78, 5) is 25.8. The van der Waals surface area contributed by atoms with Crippen LogP contribution >= 0.6 is 0 Å². The fourth-order valence-corrected chi connectivity index (χ4v) is 2.84. The topological polar surface area (TPSA) is 69.6 Å². The van der Waals surface area contributed by atoms with Crippen LogP contribution in [-0.4, -0.2) is 24.0 Å². The number of carboxylic acids is 1. The molecule has 3 aromatic carbocycles. The first-order valence-electron chi connectivity index (χ1n) is 8.63. The van der Waals surface area contributed by atoms with Gasteiger partial charge in [-0.25, -0.2) is 9.18 Å². The van der Waals surface area contributed by atoms with Crippen molar-refractivity contribution in [3.05, 3.63) is 95.3 Å². The fraction of sp³-hybridized carbons (Fsp3) is 0.0909. The zero-order chi connectivity index (χ0) is 20.1. The van der Waals surface area contributed by atoms with E-state index in [0.717, 1.165) is 5.56 Å². The van der Waals surface area contributed by atoms with E-state index in [1.54, 1.807) is 6.07 Å². The molecule has 0 unspecified atom stereocenters. The maximum Gasteiger partial charge on any atom is 0.335 e. The van der Waals surface area contributed by atoms with E-state index in [-0.39, 0.29) is 11.1 Å². The van der Waals surface area contributed by atoms with Gasteiger partial charge in [-0.2, -0.15) is 0 Å². The third-order valence-corrected chi connectivity index (χ3v) is 4.27. The first kappa shape index (κ1) is 19.1. The van der Waals surface area contributed by atoms with Crippen LogP contribution in [0.1, 0.15) is 26.3 Å². The second-order valence-electron chi connectivity index (χ2n) is 6.34. The number of rotatable bonds is 6. The maximum absolute atomic E-state index is 13.1. The van der Waals surface area contributed by atoms with Gasteiger partial charge in [0.2, 0.25) is 0 Å². The molecule has 0 aliphatic heterocycles. The first-order chi connectivity index (χ1) is 13.4. The minimum absolute atomic E-state index is 0.0614. The molecule has 142 valence electrons. The standard InChI is InChI=1S/C22H19FN2O3/c1-25(14-15-5-3-2-4-6-15)20-12-9-17(22(27)28)13-19(20)24-21(26)16-7-10-18(23)11-8-16/h2-13H,14H2,1H3,(H,24,26)(H,27,28). The zero-order valence-electron chi connectivity index (χ0n) is 15.2. The largest absolute Gasteiger partial charge is 0.478 e. The van der Waals surface area contributed by atoms with Crippen molar-refractivity contribution in [2.24, 2.45) is 0 Å². The number of hydrogen-bond acceptors (Lipinski definition) is 3. The van der Waals surface area contributed by atoms with Crippen molar-refractivity contribution in [1.82, 2.24) is 0 Å². The summed E-state index contributed by atoms with van der Waals surface area (Å²) in [6, 6.07) is 19.5. The molecule has 0 atom stereocenters. The van der Waals surface area contributed by atoms with E-state index in [9.17, 15) is 19.1 Å². The number of nitrogens with zero attached hydrogens (tertiary/aromatic N) is 1. The molecular formula is C22H19FN2O3. The second kappa shape index (κ2) is 8.35. The molecular weight excluding hydrogens is 359 g/mol. The van der Waals surface area contributed by atoms with Gasteiger partial charge in [0, 0.05) is 19.2 Å². The smallest absolute Gasteiger partial charge is 0.335 e. The Balaban J connectivity index is 1.90. The number of benzene rings is 3. The van der Waals surface area contributed by atoms with Crippen molar-refractivity contribution in [2.75, 3.05) is 17.3 Å². The highest BCUT2D eigenvalue weighted by molar-refractivity contribution is 6.06. The lowest BCUT2D eigenvalue weighted by atomic mass is 10.1. The van der Waals surface area contributed by atoms with Crippen LogP contribution in [-0.2, 0) is 6.54 Å². The number of nitrogens with one attached hydrogen (secondary N) is 1. The Morgan fingerprint density at radius 1 is 0.964 bits per heavy atom. The third kappa shape index (κ3) is 4.54. The van der Waals surface area contributed by atoms with Crippen LogP contribution < -0.4 is 10.2 Å². The van der Waals surface area contributed by atoms with Crippen molar-refractivity contribution in [3.63, 3.8) is 0 Å². The number of carbonyl (C=O) groups is 2. The Kier molecular flexibility index (Phi) is 5.69. The number of carboxylic acid groups (broad SMARTS) is 1. The zero-order valence-corrected chi connectivity index (χ0v) is 15.2. The number of amides is 1. The number of hydrogen-bond donors (Lipinski definition) is 2. The van der Waals surface area contributed by atoms with E-state index in [1.165, 1.54) is 36.4 Å². The molecule has 0 aliphatic rings. The molecule has 6 heteroatoms. The molecule has 0 aromatic heterocycles. The molecule has 0 saturated heterocycles. The molecule has 1 amide bonds. The molecule has 0 aliphatic carbocycles. The molecule has 0 fully saturated rings. The minimum Gasteiger partial charge on any atom is -0.478 e. The molecule has 0 heterocycles. The Morgan fingerprint density at radius 3 is 2.25 bits per heavy atom. The van der Waals surface area contributed by atoms with Crippen LogP contribution in [0, 0.1) is 5.82 Å². The lowest BCUT2D eigenvalue weighted by molar-refractivity contribution is 0.0696. The quantitative estimate of drug-likeness (QED) is 0.667. The van der Waals surface area contributed by atoms with Crippen molar-refractivity contribution < 1.29 is 19.1 Å². The second-order valence-corrected chi connectivity index (χ2v) is 6.34. The van der Waals surface area contributed by atoms with Gasteiger partial charge in [0.1, 0.15) is 5.82 Å². The van der Waals surface area contributed by atoms with Crippen LogP contribution in [0.15, 0.2) is 72.8 Å². The van der Waals surface area contributed by atoms with Gasteiger partial charge < -0.3 is 15.3 Å². The number of halogens is 1. The summed E-state index contributed by atoms with van der Waals surface area (Å²) in [6.07, 6.45) is 0. The predicted molar refractivity (Wildman–Crippen MR) is 106 cm³/mol. The Bertz CT molecular complexity index is 988. The van der Waals surface area contributed by atoms with Crippen LogP contribution in [0.3, 0.4) is 0 Å². The van der Waals surface area contributed by atoms with Crippen LogP contribution in [0.4, 0.5) is 15.8 Å². The summed E-state index contributed by atoms with van der Waals surface area (Å²) < 4.78 is 13.1. The predicted octanol–water partition coefficient (Wildman–Crippen LogP) is 4.41. The van der Waals surface area contributed by atoms with Gasteiger partial charge >= 0.3 is 5.97 Å². The molecule has 5 nitrogen and oxygen atoms in total. The van der Waals surface area contributed by atoms with Crippen molar-refractivity contribution in [2.45, 2.75) is 6.54 Å². The van der Waals surface area contributed by atoms with E-state index in [2.05, 4.69) is 5.32 Å². The average Bonchev–Trinajstić information content (AvgIpc) is 2.69. The normalized spacial score (nSPS) is 10.4. The van der Waals surface area contributed by atoms with Crippen LogP contribution in [0.25, 0.3) is 0 Å². The summed E-state index contributed by atoms with van der Waals surface area (Å²) in [5.41, 5.74) is 2.45. The summed E-state index contributed by atoms with van der Waals surface area (Å²) in [5, 5.41) is 12.0. The van der Waals surface area contributed by atoms with Gasteiger partial charge in [-0.05, 0) is 48.0 Å². The highest BCUT2D eigenvalue weighted by Gasteiger charge is 2.15. The summed E-state index contributed by atoms with van der Waals surface area (Å²) in [6.45, 7) is 0.576.